The number of alkyl halides is 8. The standard InChI is InChI=1S/C20H12Cl3F7N2O2/c21-13-2-1-11(6-12(13)16(33)31-7-18(25,26)27)32-17(34)15-14(19(15,22)23)8-3-9(20(28,29)30)5-10(24)4-8/h1-6,14-15H,7H2,(H,31,33)(H,32,34). The lowest BCUT2D eigenvalue weighted by molar-refractivity contribution is -0.137. The zero-order valence-electron chi connectivity index (χ0n) is 16.4. The molecule has 2 unspecified atom stereocenters. The molecule has 1 saturated carbocycles. The third-order valence-electron chi connectivity index (χ3n) is 4.87. The van der Waals surface area contributed by atoms with Gasteiger partial charge < -0.3 is 10.6 Å². The van der Waals surface area contributed by atoms with Gasteiger partial charge in [0.2, 0.25) is 5.91 Å². The molecule has 14 heteroatoms. The third kappa shape index (κ3) is 5.87. The Kier molecular flexibility index (Phi) is 7.05. The molecule has 0 spiro atoms. The van der Waals surface area contributed by atoms with Crippen molar-refractivity contribution < 1.29 is 40.3 Å². The Labute approximate surface area is 202 Å². The Morgan fingerprint density at radius 2 is 1.65 bits per heavy atom. The van der Waals surface area contributed by atoms with Crippen molar-refractivity contribution >= 4 is 52.3 Å². The van der Waals surface area contributed by atoms with Crippen LogP contribution in [0.2, 0.25) is 5.02 Å². The fraction of sp³-hybridized carbons (Fsp3) is 0.300. The van der Waals surface area contributed by atoms with Crippen LogP contribution >= 0.6 is 34.8 Å². The first-order valence-corrected chi connectivity index (χ1v) is 10.3. The van der Waals surface area contributed by atoms with E-state index in [-0.39, 0.29) is 27.9 Å². The minimum Gasteiger partial charge on any atom is -0.343 e. The van der Waals surface area contributed by atoms with Gasteiger partial charge in [-0.25, -0.2) is 4.39 Å². The molecule has 1 aliphatic carbocycles. The summed E-state index contributed by atoms with van der Waals surface area (Å²) in [4.78, 5) is 24.7. The van der Waals surface area contributed by atoms with Gasteiger partial charge in [-0.1, -0.05) is 11.6 Å². The zero-order valence-corrected chi connectivity index (χ0v) is 18.7. The van der Waals surface area contributed by atoms with Crippen molar-refractivity contribution in [2.24, 2.45) is 5.92 Å². The lowest BCUT2D eigenvalue weighted by Gasteiger charge is -2.11. The van der Waals surface area contributed by atoms with Crippen LogP contribution in [0, 0.1) is 11.7 Å². The molecule has 184 valence electrons. The fourth-order valence-electron chi connectivity index (χ4n) is 3.30. The highest BCUT2D eigenvalue weighted by molar-refractivity contribution is 6.53. The van der Waals surface area contributed by atoms with Gasteiger partial charge >= 0.3 is 12.4 Å². The molecule has 0 radical (unpaired) electrons. The molecule has 0 saturated heterocycles. The van der Waals surface area contributed by atoms with Crippen molar-refractivity contribution in [1.82, 2.24) is 5.32 Å². The summed E-state index contributed by atoms with van der Waals surface area (Å²) in [6, 6.07) is 5.05. The number of anilines is 1. The molecule has 0 aliphatic heterocycles. The lowest BCUT2D eigenvalue weighted by atomic mass is 10.0. The maximum atomic E-state index is 13.8. The number of carbonyl (C=O) groups excluding carboxylic acids is 2. The maximum Gasteiger partial charge on any atom is 0.416 e. The SMILES string of the molecule is O=C(NCC(F)(F)F)c1cc(NC(=O)C2C(c3cc(F)cc(C(F)(F)F)c3)C2(Cl)Cl)ccc1Cl. The van der Waals surface area contributed by atoms with E-state index in [2.05, 4.69) is 5.32 Å². The summed E-state index contributed by atoms with van der Waals surface area (Å²) in [6.45, 7) is -1.61. The van der Waals surface area contributed by atoms with E-state index in [9.17, 15) is 40.3 Å². The largest absolute Gasteiger partial charge is 0.416 e. The van der Waals surface area contributed by atoms with Gasteiger partial charge in [-0.15, -0.1) is 23.2 Å². The summed E-state index contributed by atoms with van der Waals surface area (Å²) >= 11 is 18.0. The predicted molar refractivity (Wildman–Crippen MR) is 111 cm³/mol. The average Bonchev–Trinajstić information content (AvgIpc) is 3.28. The highest BCUT2D eigenvalue weighted by Gasteiger charge is 2.67. The molecule has 1 aliphatic rings. The second-order valence-electron chi connectivity index (χ2n) is 7.38. The van der Waals surface area contributed by atoms with Crippen LogP contribution < -0.4 is 10.6 Å². The van der Waals surface area contributed by atoms with E-state index in [1.807, 2.05) is 0 Å². The van der Waals surface area contributed by atoms with Gasteiger partial charge in [0.05, 0.1) is 22.1 Å². The number of benzene rings is 2. The number of hydrogen-bond acceptors (Lipinski definition) is 2. The highest BCUT2D eigenvalue weighted by Crippen LogP contribution is 2.65. The van der Waals surface area contributed by atoms with Crippen LogP contribution in [0.1, 0.15) is 27.4 Å². The van der Waals surface area contributed by atoms with E-state index in [0.717, 1.165) is 18.2 Å². The van der Waals surface area contributed by atoms with Crippen molar-refractivity contribution in [3.8, 4) is 0 Å². The smallest absolute Gasteiger partial charge is 0.343 e. The summed E-state index contributed by atoms with van der Waals surface area (Å²) in [5.41, 5.74) is -1.98. The average molecular weight is 552 g/mol. The number of hydrogen-bond donors (Lipinski definition) is 2. The first-order chi connectivity index (χ1) is 15.5. The van der Waals surface area contributed by atoms with E-state index in [4.69, 9.17) is 34.8 Å². The number of carbonyl (C=O) groups is 2. The molecule has 2 amide bonds. The summed E-state index contributed by atoms with van der Waals surface area (Å²) < 4.78 is 87.9. The fourth-order valence-corrected chi connectivity index (χ4v) is 4.33. The second kappa shape index (κ2) is 9.09. The van der Waals surface area contributed by atoms with Crippen molar-refractivity contribution in [1.29, 1.82) is 0 Å². The molecule has 34 heavy (non-hydrogen) atoms. The first kappa shape index (κ1) is 26.4. The van der Waals surface area contributed by atoms with Gasteiger partial charge in [0.1, 0.15) is 16.7 Å². The first-order valence-electron chi connectivity index (χ1n) is 9.21. The van der Waals surface area contributed by atoms with Gasteiger partial charge in [-0.05, 0) is 42.0 Å². The lowest BCUT2D eigenvalue weighted by Crippen LogP contribution is -2.33. The molecule has 1 fully saturated rings. The van der Waals surface area contributed by atoms with E-state index in [0.29, 0.717) is 6.07 Å². The number of rotatable bonds is 5. The van der Waals surface area contributed by atoms with Gasteiger partial charge in [0.15, 0.2) is 0 Å². The molecular formula is C20H12Cl3F7N2O2. The summed E-state index contributed by atoms with van der Waals surface area (Å²) in [5.74, 6) is -5.72. The van der Waals surface area contributed by atoms with Gasteiger partial charge in [0.25, 0.3) is 5.91 Å². The van der Waals surface area contributed by atoms with E-state index in [1.165, 1.54) is 6.07 Å². The molecule has 0 heterocycles. The maximum absolute atomic E-state index is 13.8. The molecule has 0 bridgehead atoms. The van der Waals surface area contributed by atoms with E-state index >= 15 is 0 Å². The quantitative estimate of drug-likeness (QED) is 0.338. The Morgan fingerprint density at radius 3 is 2.24 bits per heavy atom. The number of amides is 2. The van der Waals surface area contributed by atoms with Crippen molar-refractivity contribution in [3.63, 3.8) is 0 Å². The Hall–Kier alpha value is -2.24. The van der Waals surface area contributed by atoms with Gasteiger partial charge in [-0.3, -0.25) is 9.59 Å². The number of halogens is 10. The Morgan fingerprint density at radius 1 is 1.00 bits per heavy atom. The van der Waals surface area contributed by atoms with Crippen LogP contribution in [0.5, 0.6) is 0 Å². The summed E-state index contributed by atoms with van der Waals surface area (Å²) in [5, 5.41) is 3.75. The second-order valence-corrected chi connectivity index (χ2v) is 9.23. The molecular weight excluding hydrogens is 540 g/mol. The van der Waals surface area contributed by atoms with Gasteiger partial charge in [0, 0.05) is 11.6 Å². The highest BCUT2D eigenvalue weighted by atomic mass is 35.5. The molecule has 3 rings (SSSR count). The minimum absolute atomic E-state index is 0.0726. The molecule has 2 aromatic rings. The van der Waals surface area contributed by atoms with Crippen molar-refractivity contribution in [3.05, 3.63) is 63.9 Å². The zero-order chi connectivity index (χ0) is 25.6. The summed E-state index contributed by atoms with van der Waals surface area (Å²) in [7, 11) is 0. The predicted octanol–water partition coefficient (Wildman–Crippen LogP) is 6.32. The van der Waals surface area contributed by atoms with Crippen LogP contribution in [-0.2, 0) is 11.0 Å². The third-order valence-corrected chi connectivity index (χ3v) is 6.14. The van der Waals surface area contributed by atoms with E-state index < -0.39 is 58.3 Å². The van der Waals surface area contributed by atoms with Crippen LogP contribution in [0.3, 0.4) is 0 Å². The van der Waals surface area contributed by atoms with Crippen molar-refractivity contribution in [2.75, 3.05) is 11.9 Å². The Bertz CT molecular complexity index is 1140. The van der Waals surface area contributed by atoms with E-state index in [1.54, 1.807) is 5.32 Å². The topological polar surface area (TPSA) is 58.2 Å². The van der Waals surface area contributed by atoms with Crippen LogP contribution in [0.4, 0.5) is 36.4 Å². The number of nitrogens with one attached hydrogen (secondary N) is 2. The van der Waals surface area contributed by atoms with Gasteiger partial charge in [-0.2, -0.15) is 26.3 Å². The summed E-state index contributed by atoms with van der Waals surface area (Å²) in [6.07, 6.45) is -9.51. The normalized spacial score (nSPS) is 19.5. The van der Waals surface area contributed by atoms with Crippen LogP contribution in [0.25, 0.3) is 0 Å². The minimum atomic E-state index is -4.85. The molecule has 4 nitrogen and oxygen atoms in total. The van der Waals surface area contributed by atoms with Crippen LogP contribution in [0.15, 0.2) is 36.4 Å². The van der Waals surface area contributed by atoms with Crippen molar-refractivity contribution in [2.45, 2.75) is 22.6 Å². The molecule has 2 atom stereocenters. The molecule has 2 N–H and O–H groups in total. The van der Waals surface area contributed by atoms with Crippen LogP contribution in [-0.4, -0.2) is 28.9 Å². The Balaban J connectivity index is 1.79. The molecule has 2 aromatic carbocycles. The monoisotopic (exact) mass is 550 g/mol. The molecule has 0 aromatic heterocycles.